The molecule has 1 aliphatic carbocycles. The van der Waals surface area contributed by atoms with Crippen molar-refractivity contribution in [3.8, 4) is 0 Å². The van der Waals surface area contributed by atoms with Gasteiger partial charge in [0.1, 0.15) is 0 Å². The van der Waals surface area contributed by atoms with Gasteiger partial charge in [-0.25, -0.2) is 0 Å². The molecule has 3 heteroatoms. The molecule has 0 bridgehead atoms. The van der Waals surface area contributed by atoms with Crippen LogP contribution in [0, 0.1) is 5.92 Å². The van der Waals surface area contributed by atoms with E-state index in [4.69, 9.17) is 0 Å². The minimum Gasteiger partial charge on any atom is -0.314 e. The third kappa shape index (κ3) is 4.44. The van der Waals surface area contributed by atoms with Crippen molar-refractivity contribution in [1.29, 1.82) is 0 Å². The molecule has 0 amide bonds. The summed E-state index contributed by atoms with van der Waals surface area (Å²) < 4.78 is 0. The average molecular weight is 267 g/mol. The Morgan fingerprint density at radius 3 is 2.32 bits per heavy atom. The number of hydrogen-bond donors (Lipinski definition) is 1. The molecule has 2 fully saturated rings. The summed E-state index contributed by atoms with van der Waals surface area (Å²) in [6, 6.07) is 2.32. The molecule has 0 aromatic heterocycles. The van der Waals surface area contributed by atoms with Crippen LogP contribution in [-0.4, -0.2) is 61.2 Å². The second kappa shape index (κ2) is 7.05. The van der Waals surface area contributed by atoms with Gasteiger partial charge in [-0.1, -0.05) is 13.8 Å². The lowest BCUT2D eigenvalue weighted by molar-refractivity contribution is 0.0833. The third-order valence-corrected chi connectivity index (χ3v) is 5.35. The van der Waals surface area contributed by atoms with Crippen LogP contribution in [0.4, 0.5) is 0 Å². The van der Waals surface area contributed by atoms with Crippen molar-refractivity contribution in [2.45, 2.75) is 64.6 Å². The molecule has 0 aromatic carbocycles. The molecular formula is C16H33N3. The molecule has 0 spiro atoms. The number of likely N-dealkylation sites (tertiary alicyclic amines) is 1. The number of piperidine rings is 1. The molecule has 1 heterocycles. The zero-order valence-electron chi connectivity index (χ0n) is 13.4. The number of nitrogens with one attached hydrogen (secondary N) is 1. The third-order valence-electron chi connectivity index (χ3n) is 5.35. The summed E-state index contributed by atoms with van der Waals surface area (Å²) >= 11 is 0. The Labute approximate surface area is 119 Å². The van der Waals surface area contributed by atoms with Crippen LogP contribution in [0.1, 0.15) is 46.5 Å². The van der Waals surface area contributed by atoms with Gasteiger partial charge in [-0.3, -0.25) is 0 Å². The molecule has 2 rings (SSSR count). The molecule has 2 aliphatic rings. The van der Waals surface area contributed by atoms with E-state index in [1.165, 1.54) is 51.9 Å². The molecule has 1 saturated carbocycles. The first kappa shape index (κ1) is 15.3. The molecule has 2 unspecified atom stereocenters. The van der Waals surface area contributed by atoms with E-state index in [9.17, 15) is 0 Å². The quantitative estimate of drug-likeness (QED) is 0.763. The van der Waals surface area contributed by atoms with Gasteiger partial charge in [-0.05, 0) is 71.8 Å². The lowest BCUT2D eigenvalue weighted by Gasteiger charge is -2.41. The van der Waals surface area contributed by atoms with E-state index in [-0.39, 0.29) is 0 Å². The maximum Gasteiger partial charge on any atom is 0.0119 e. The number of nitrogens with zero attached hydrogens (tertiary/aromatic N) is 2. The van der Waals surface area contributed by atoms with Crippen molar-refractivity contribution in [1.82, 2.24) is 15.1 Å². The minimum atomic E-state index is 0.685. The van der Waals surface area contributed by atoms with Gasteiger partial charge in [0, 0.05) is 18.1 Å². The first-order valence-corrected chi connectivity index (χ1v) is 8.29. The van der Waals surface area contributed by atoms with Gasteiger partial charge in [-0.2, -0.15) is 0 Å². The molecule has 1 saturated heterocycles. The van der Waals surface area contributed by atoms with Crippen LogP contribution in [-0.2, 0) is 0 Å². The van der Waals surface area contributed by atoms with Gasteiger partial charge in [0.2, 0.25) is 0 Å². The highest BCUT2D eigenvalue weighted by atomic mass is 15.2. The Balaban J connectivity index is 1.72. The van der Waals surface area contributed by atoms with Crippen molar-refractivity contribution in [3.05, 3.63) is 0 Å². The summed E-state index contributed by atoms with van der Waals surface area (Å²) in [6.07, 6.45) is 5.48. The fourth-order valence-corrected chi connectivity index (χ4v) is 3.19. The van der Waals surface area contributed by atoms with Gasteiger partial charge in [0.05, 0.1) is 0 Å². The molecule has 19 heavy (non-hydrogen) atoms. The van der Waals surface area contributed by atoms with E-state index in [1.54, 1.807) is 0 Å². The normalized spacial score (nSPS) is 25.7. The highest BCUT2D eigenvalue weighted by Crippen LogP contribution is 2.22. The van der Waals surface area contributed by atoms with Gasteiger partial charge < -0.3 is 15.1 Å². The fourth-order valence-electron chi connectivity index (χ4n) is 3.19. The second-order valence-corrected chi connectivity index (χ2v) is 6.73. The minimum absolute atomic E-state index is 0.685. The lowest BCUT2D eigenvalue weighted by Crippen LogP contribution is -2.49. The van der Waals surface area contributed by atoms with E-state index >= 15 is 0 Å². The summed E-state index contributed by atoms with van der Waals surface area (Å²) in [7, 11) is 2.34. The molecule has 1 aliphatic heterocycles. The van der Waals surface area contributed by atoms with Gasteiger partial charge in [0.25, 0.3) is 0 Å². The van der Waals surface area contributed by atoms with Gasteiger partial charge in [0.15, 0.2) is 0 Å². The van der Waals surface area contributed by atoms with Gasteiger partial charge >= 0.3 is 0 Å². The summed E-state index contributed by atoms with van der Waals surface area (Å²) in [4.78, 5) is 5.22. The van der Waals surface area contributed by atoms with E-state index in [0.717, 1.165) is 18.0 Å². The van der Waals surface area contributed by atoms with E-state index in [1.807, 2.05) is 0 Å². The van der Waals surface area contributed by atoms with Crippen LogP contribution in [0.5, 0.6) is 0 Å². The van der Waals surface area contributed by atoms with Crippen LogP contribution in [0.3, 0.4) is 0 Å². The Bertz CT molecular complexity index is 257. The van der Waals surface area contributed by atoms with E-state index in [0.29, 0.717) is 6.04 Å². The van der Waals surface area contributed by atoms with Crippen LogP contribution in [0.15, 0.2) is 0 Å². The van der Waals surface area contributed by atoms with Crippen LogP contribution >= 0.6 is 0 Å². The SMILES string of the molecule is CCN1CCC(N(C)C(C)C(C)CNC2CC2)CC1. The first-order valence-electron chi connectivity index (χ1n) is 8.29. The summed E-state index contributed by atoms with van der Waals surface area (Å²) in [6.45, 7) is 12.1. The molecule has 3 nitrogen and oxygen atoms in total. The second-order valence-electron chi connectivity index (χ2n) is 6.73. The summed E-state index contributed by atoms with van der Waals surface area (Å²) in [5.41, 5.74) is 0. The highest BCUT2D eigenvalue weighted by molar-refractivity contribution is 4.85. The summed E-state index contributed by atoms with van der Waals surface area (Å²) in [5, 5.41) is 3.68. The molecule has 0 radical (unpaired) electrons. The van der Waals surface area contributed by atoms with E-state index in [2.05, 4.69) is 42.9 Å². The van der Waals surface area contributed by atoms with Gasteiger partial charge in [-0.15, -0.1) is 0 Å². The smallest absolute Gasteiger partial charge is 0.0119 e. The predicted octanol–water partition coefficient (Wildman–Crippen LogP) is 2.18. The van der Waals surface area contributed by atoms with E-state index < -0.39 is 0 Å². The monoisotopic (exact) mass is 267 g/mol. The summed E-state index contributed by atoms with van der Waals surface area (Å²) in [5.74, 6) is 0.745. The van der Waals surface area contributed by atoms with Crippen LogP contribution in [0.25, 0.3) is 0 Å². The average Bonchev–Trinajstić information content (AvgIpc) is 3.27. The highest BCUT2D eigenvalue weighted by Gasteiger charge is 2.28. The topological polar surface area (TPSA) is 18.5 Å². The van der Waals surface area contributed by atoms with Crippen LogP contribution in [0.2, 0.25) is 0 Å². The predicted molar refractivity (Wildman–Crippen MR) is 82.5 cm³/mol. The maximum absolute atomic E-state index is 3.68. The van der Waals surface area contributed by atoms with Crippen molar-refractivity contribution in [2.75, 3.05) is 33.2 Å². The Morgan fingerprint density at radius 1 is 1.16 bits per heavy atom. The molecule has 0 aromatic rings. The maximum atomic E-state index is 3.68. The Hall–Kier alpha value is -0.120. The first-order chi connectivity index (χ1) is 9.11. The van der Waals surface area contributed by atoms with Crippen molar-refractivity contribution in [2.24, 2.45) is 5.92 Å². The van der Waals surface area contributed by atoms with Crippen molar-refractivity contribution < 1.29 is 0 Å². The number of rotatable bonds is 7. The molecule has 112 valence electrons. The Kier molecular flexibility index (Phi) is 5.67. The zero-order valence-corrected chi connectivity index (χ0v) is 13.4. The number of hydrogen-bond acceptors (Lipinski definition) is 3. The van der Waals surface area contributed by atoms with Crippen LogP contribution < -0.4 is 5.32 Å². The van der Waals surface area contributed by atoms with Crippen molar-refractivity contribution >= 4 is 0 Å². The Morgan fingerprint density at radius 2 is 1.79 bits per heavy atom. The van der Waals surface area contributed by atoms with Crippen molar-refractivity contribution in [3.63, 3.8) is 0 Å². The standard InChI is InChI=1S/C16H33N3/c1-5-19-10-8-16(9-11-19)18(4)14(3)13(2)12-17-15-6-7-15/h13-17H,5-12H2,1-4H3. The zero-order chi connectivity index (χ0) is 13.8. The molecule has 1 N–H and O–H groups in total. The lowest BCUT2D eigenvalue weighted by atomic mass is 9.96. The molecular weight excluding hydrogens is 234 g/mol. The molecule has 2 atom stereocenters. The largest absolute Gasteiger partial charge is 0.314 e. The fraction of sp³-hybridized carbons (Fsp3) is 1.00.